The fourth-order valence-corrected chi connectivity index (χ4v) is 5.72. The number of hydrogen-bond donors (Lipinski definition) is 2. The molecule has 4 N–H and O–H groups in total. The number of anilines is 2. The maximum absolute atomic E-state index is 12.8. The maximum Gasteiger partial charge on any atom is 0.343 e. The molecule has 0 saturated carbocycles. The van der Waals surface area contributed by atoms with Crippen molar-refractivity contribution in [3.63, 3.8) is 0 Å². The van der Waals surface area contributed by atoms with Gasteiger partial charge in [-0.3, -0.25) is 0 Å². The Morgan fingerprint density at radius 3 is 1.21 bits per heavy atom. The normalized spacial score (nSPS) is 11.0. The number of carbonyl (C=O) groups excluding carboxylic acids is 4. The first-order chi connectivity index (χ1) is 28.0. The fourth-order valence-electron chi connectivity index (χ4n) is 5.72. The molecule has 6 aromatic rings. The van der Waals surface area contributed by atoms with E-state index in [9.17, 15) is 19.2 Å². The van der Waals surface area contributed by atoms with Crippen molar-refractivity contribution in [2.45, 2.75) is 27.1 Å². The molecular formula is C48H40N2O8. The number of aryl methyl sites for hydroxylation is 2. The van der Waals surface area contributed by atoms with E-state index in [4.69, 9.17) is 30.4 Å². The first kappa shape index (κ1) is 40.0. The van der Waals surface area contributed by atoms with Crippen LogP contribution in [0.2, 0.25) is 0 Å². The van der Waals surface area contributed by atoms with Crippen LogP contribution >= 0.6 is 0 Å². The Balaban J connectivity index is 1.04. The Hall–Kier alpha value is -7.72. The summed E-state index contributed by atoms with van der Waals surface area (Å²) in [6, 6.07) is 38.1. The summed E-state index contributed by atoms with van der Waals surface area (Å²) in [5.74, 6) is -1.36. The fraction of sp³-hybridized carbons (Fsp3) is 0.0833. The minimum atomic E-state index is -0.584. The maximum atomic E-state index is 12.8. The highest BCUT2D eigenvalue weighted by Gasteiger charge is 2.15. The molecule has 0 aliphatic carbocycles. The summed E-state index contributed by atoms with van der Waals surface area (Å²) < 4.78 is 22.1. The molecule has 0 atom stereocenters. The third-order valence-electron chi connectivity index (χ3n) is 8.87. The molecule has 10 nitrogen and oxygen atoms in total. The van der Waals surface area contributed by atoms with E-state index >= 15 is 0 Å². The van der Waals surface area contributed by atoms with Crippen LogP contribution in [0.25, 0.3) is 23.3 Å². The predicted molar refractivity (Wildman–Crippen MR) is 224 cm³/mol. The lowest BCUT2D eigenvalue weighted by Crippen LogP contribution is -2.08. The number of esters is 4. The van der Waals surface area contributed by atoms with Crippen LogP contribution in [0.5, 0.6) is 11.5 Å². The second kappa shape index (κ2) is 18.7. The van der Waals surface area contributed by atoms with Gasteiger partial charge >= 0.3 is 23.9 Å². The van der Waals surface area contributed by atoms with E-state index in [1.807, 2.05) is 38.1 Å². The van der Waals surface area contributed by atoms with Gasteiger partial charge in [-0.1, -0.05) is 71.8 Å². The first-order valence-electron chi connectivity index (χ1n) is 18.2. The smallest absolute Gasteiger partial charge is 0.343 e. The second-order valence-electron chi connectivity index (χ2n) is 13.4. The molecule has 0 heterocycles. The Kier molecular flexibility index (Phi) is 12.9. The van der Waals surface area contributed by atoms with Gasteiger partial charge in [-0.2, -0.15) is 0 Å². The van der Waals surface area contributed by atoms with Crippen LogP contribution in [-0.2, 0) is 32.3 Å². The molecule has 0 bridgehead atoms. The molecule has 58 heavy (non-hydrogen) atoms. The topological polar surface area (TPSA) is 157 Å². The van der Waals surface area contributed by atoms with Gasteiger partial charge in [0.05, 0.1) is 11.1 Å². The molecule has 0 aliphatic heterocycles. The Morgan fingerprint density at radius 2 is 0.845 bits per heavy atom. The van der Waals surface area contributed by atoms with Crippen molar-refractivity contribution in [3.05, 3.63) is 190 Å². The summed E-state index contributed by atoms with van der Waals surface area (Å²) in [5.41, 5.74) is 20.2. The predicted octanol–water partition coefficient (Wildman–Crippen LogP) is 9.09. The zero-order valence-electron chi connectivity index (χ0n) is 31.8. The lowest BCUT2D eigenvalue weighted by Gasteiger charge is -2.15. The van der Waals surface area contributed by atoms with Gasteiger partial charge in [-0.25, -0.2) is 19.2 Å². The highest BCUT2D eigenvalue weighted by molar-refractivity contribution is 5.92. The largest absolute Gasteiger partial charge is 0.458 e. The Labute approximate surface area is 335 Å². The van der Waals surface area contributed by atoms with Crippen molar-refractivity contribution >= 4 is 47.4 Å². The molecule has 6 aromatic carbocycles. The van der Waals surface area contributed by atoms with Crippen LogP contribution in [0.1, 0.15) is 54.1 Å². The molecule has 10 heteroatoms. The monoisotopic (exact) mass is 772 g/mol. The molecule has 0 radical (unpaired) electrons. The molecule has 0 fully saturated rings. The van der Waals surface area contributed by atoms with E-state index in [1.165, 1.54) is 12.2 Å². The summed E-state index contributed by atoms with van der Waals surface area (Å²) in [7, 11) is 0. The number of benzene rings is 6. The summed E-state index contributed by atoms with van der Waals surface area (Å²) in [6.07, 6.45) is 5.79. The average Bonchev–Trinajstić information content (AvgIpc) is 3.22. The van der Waals surface area contributed by atoms with Crippen molar-refractivity contribution in [1.82, 2.24) is 0 Å². The number of carbonyl (C=O) groups is 4. The molecule has 6 rings (SSSR count). The molecule has 0 unspecified atom stereocenters. The minimum absolute atomic E-state index is 0.0896. The van der Waals surface area contributed by atoms with Crippen molar-refractivity contribution < 1.29 is 38.1 Å². The molecule has 290 valence electrons. The summed E-state index contributed by atoms with van der Waals surface area (Å²) in [5, 5.41) is 0. The highest BCUT2D eigenvalue weighted by Crippen LogP contribution is 2.31. The van der Waals surface area contributed by atoms with Crippen molar-refractivity contribution in [1.29, 1.82) is 0 Å². The van der Waals surface area contributed by atoms with Crippen molar-refractivity contribution in [2.24, 2.45) is 0 Å². The molecule has 0 aromatic heterocycles. The minimum Gasteiger partial charge on any atom is -0.458 e. The number of nitrogens with two attached hydrogens (primary N) is 2. The standard InChI is InChI=1S/C48H40N2O8/c1-31-3-13-35(14-4-31)47(53)57-41-19-7-33(8-20-41)11-25-45(51)55-29-37-27-39(49)17-23-43(37)44-24-18-40(50)28-38(44)30-56-46(52)26-12-34-9-21-42(22-10-34)58-48(54)36-15-5-32(2)6-16-36/h3-28H,29-30,49-50H2,1-2H3/b25-11+,26-12+. The zero-order valence-corrected chi connectivity index (χ0v) is 31.8. The average molecular weight is 773 g/mol. The van der Waals surface area contributed by atoms with E-state index in [2.05, 4.69) is 0 Å². The van der Waals surface area contributed by atoms with E-state index < -0.39 is 23.9 Å². The molecule has 0 spiro atoms. The SMILES string of the molecule is Cc1ccc(C(=O)Oc2ccc(/C=C/C(=O)OCc3cc(N)ccc3-c3ccc(N)cc3COC(=O)/C=C/c3ccc(OC(=O)c4ccc(C)cc4)cc3)cc2)cc1. The van der Waals surface area contributed by atoms with Crippen LogP contribution in [0.4, 0.5) is 11.4 Å². The van der Waals surface area contributed by atoms with Crippen molar-refractivity contribution in [2.75, 3.05) is 11.5 Å². The quantitative estimate of drug-likeness (QED) is 0.0502. The second-order valence-corrected chi connectivity index (χ2v) is 13.4. The summed E-state index contributed by atoms with van der Waals surface area (Å²) in [6.45, 7) is 3.70. The van der Waals surface area contributed by atoms with E-state index in [0.29, 0.717) is 67.4 Å². The zero-order chi connectivity index (χ0) is 41.0. The van der Waals surface area contributed by atoms with Crippen LogP contribution < -0.4 is 20.9 Å². The molecular weight excluding hydrogens is 733 g/mol. The molecule has 0 amide bonds. The van der Waals surface area contributed by atoms with E-state index in [1.54, 1.807) is 121 Å². The number of nitrogen functional groups attached to an aromatic ring is 2. The van der Waals surface area contributed by atoms with Crippen LogP contribution in [0, 0.1) is 13.8 Å². The summed E-state index contributed by atoms with van der Waals surface area (Å²) in [4.78, 5) is 50.4. The van der Waals surface area contributed by atoms with Crippen LogP contribution in [-0.4, -0.2) is 23.9 Å². The third-order valence-corrected chi connectivity index (χ3v) is 8.87. The third kappa shape index (κ3) is 11.2. The van der Waals surface area contributed by atoms with Crippen LogP contribution in [0.15, 0.2) is 146 Å². The first-order valence-corrected chi connectivity index (χ1v) is 18.2. The van der Waals surface area contributed by atoms with Gasteiger partial charge in [0.2, 0.25) is 0 Å². The van der Waals surface area contributed by atoms with Gasteiger partial charge in [-0.15, -0.1) is 0 Å². The van der Waals surface area contributed by atoms with Gasteiger partial charge in [0.15, 0.2) is 0 Å². The Morgan fingerprint density at radius 1 is 0.483 bits per heavy atom. The van der Waals surface area contributed by atoms with Crippen LogP contribution in [0.3, 0.4) is 0 Å². The number of rotatable bonds is 13. The lowest BCUT2D eigenvalue weighted by atomic mass is 9.95. The molecule has 0 aliphatic rings. The summed E-state index contributed by atoms with van der Waals surface area (Å²) >= 11 is 0. The van der Waals surface area contributed by atoms with Gasteiger partial charge in [-0.05, 0) is 132 Å². The van der Waals surface area contributed by atoms with E-state index in [-0.39, 0.29) is 13.2 Å². The van der Waals surface area contributed by atoms with Gasteiger partial charge in [0, 0.05) is 23.5 Å². The van der Waals surface area contributed by atoms with Gasteiger partial charge in [0.25, 0.3) is 0 Å². The Bertz CT molecular complexity index is 2310. The molecule has 0 saturated heterocycles. The number of hydrogen-bond acceptors (Lipinski definition) is 10. The highest BCUT2D eigenvalue weighted by atomic mass is 16.5. The lowest BCUT2D eigenvalue weighted by molar-refractivity contribution is -0.139. The van der Waals surface area contributed by atoms with E-state index in [0.717, 1.165) is 11.1 Å². The van der Waals surface area contributed by atoms with Gasteiger partial charge < -0.3 is 30.4 Å². The number of ether oxygens (including phenoxy) is 4. The van der Waals surface area contributed by atoms with Gasteiger partial charge in [0.1, 0.15) is 24.7 Å². The van der Waals surface area contributed by atoms with Crippen molar-refractivity contribution in [3.8, 4) is 22.6 Å².